The third-order valence-corrected chi connectivity index (χ3v) is 5.17. The number of fused-ring (bicyclic) bond motifs is 1. The molecule has 7 nitrogen and oxygen atoms in total. The molecule has 0 saturated carbocycles. The summed E-state index contributed by atoms with van der Waals surface area (Å²) in [6.07, 6.45) is 0. The van der Waals surface area contributed by atoms with E-state index in [1.165, 1.54) is 23.8 Å². The van der Waals surface area contributed by atoms with Gasteiger partial charge in [-0.2, -0.15) is 0 Å². The highest BCUT2D eigenvalue weighted by Crippen LogP contribution is 2.43. The SMILES string of the molecule is CCOC(=O)SC1=C(C(=O)OC)N2C(=O)C(N)C2SC1. The Hall–Kier alpha value is -1.19. The van der Waals surface area contributed by atoms with E-state index in [0.29, 0.717) is 10.7 Å². The molecule has 2 atom stereocenters. The van der Waals surface area contributed by atoms with Crippen molar-refractivity contribution in [3.05, 3.63) is 10.6 Å². The fraction of sp³-hybridized carbons (Fsp3) is 0.545. The molecule has 2 heterocycles. The molecule has 0 aromatic heterocycles. The van der Waals surface area contributed by atoms with Crippen LogP contribution in [0.2, 0.25) is 0 Å². The molecular weight excluding hydrogens is 304 g/mol. The molecule has 2 aliphatic heterocycles. The van der Waals surface area contributed by atoms with Gasteiger partial charge in [0.2, 0.25) is 5.91 Å². The van der Waals surface area contributed by atoms with Crippen LogP contribution >= 0.6 is 23.5 Å². The summed E-state index contributed by atoms with van der Waals surface area (Å²) in [5.74, 6) is -0.581. The number of methoxy groups -OCH3 is 1. The molecule has 0 aliphatic carbocycles. The van der Waals surface area contributed by atoms with Crippen molar-refractivity contribution in [2.45, 2.75) is 18.3 Å². The Morgan fingerprint density at radius 1 is 1.55 bits per heavy atom. The van der Waals surface area contributed by atoms with Crippen molar-refractivity contribution in [3.8, 4) is 0 Å². The molecule has 1 fully saturated rings. The maximum atomic E-state index is 11.9. The van der Waals surface area contributed by atoms with E-state index < -0.39 is 17.3 Å². The number of nitrogens with two attached hydrogens (primary N) is 1. The second-order valence-electron chi connectivity index (χ2n) is 3.98. The molecule has 2 rings (SSSR count). The predicted molar refractivity (Wildman–Crippen MR) is 74.7 cm³/mol. The normalized spacial score (nSPS) is 24.9. The van der Waals surface area contributed by atoms with Gasteiger partial charge >= 0.3 is 11.3 Å². The van der Waals surface area contributed by atoms with Gasteiger partial charge in [-0.25, -0.2) is 9.59 Å². The van der Waals surface area contributed by atoms with E-state index in [1.807, 2.05) is 0 Å². The van der Waals surface area contributed by atoms with Gasteiger partial charge in [0.25, 0.3) is 0 Å². The fourth-order valence-electron chi connectivity index (χ4n) is 1.90. The van der Waals surface area contributed by atoms with E-state index in [0.717, 1.165) is 11.8 Å². The van der Waals surface area contributed by atoms with Crippen LogP contribution in [0.15, 0.2) is 10.6 Å². The van der Waals surface area contributed by atoms with Crippen molar-refractivity contribution in [1.29, 1.82) is 0 Å². The molecule has 0 spiro atoms. The van der Waals surface area contributed by atoms with Crippen LogP contribution in [0.3, 0.4) is 0 Å². The number of nitrogens with zero attached hydrogens (tertiary/aromatic N) is 1. The van der Waals surface area contributed by atoms with Gasteiger partial charge in [-0.15, -0.1) is 11.8 Å². The van der Waals surface area contributed by atoms with Crippen LogP contribution < -0.4 is 5.73 Å². The second-order valence-corrected chi connectivity index (χ2v) is 6.12. The number of hydrogen-bond acceptors (Lipinski definition) is 8. The molecule has 0 aromatic carbocycles. The van der Waals surface area contributed by atoms with Gasteiger partial charge in [0.05, 0.1) is 13.7 Å². The third kappa shape index (κ3) is 2.52. The summed E-state index contributed by atoms with van der Waals surface area (Å²) in [4.78, 5) is 37.0. The van der Waals surface area contributed by atoms with Crippen molar-refractivity contribution in [2.24, 2.45) is 5.73 Å². The zero-order valence-electron chi connectivity index (χ0n) is 11.0. The van der Waals surface area contributed by atoms with E-state index in [9.17, 15) is 14.4 Å². The molecule has 1 saturated heterocycles. The standard InChI is InChI=1S/C11H14N2O5S2/c1-3-18-11(16)20-5-4-19-9-6(12)8(14)13(9)7(5)10(15)17-2/h6,9H,3-4,12H2,1-2H3. The van der Waals surface area contributed by atoms with Crippen molar-refractivity contribution in [2.75, 3.05) is 19.5 Å². The lowest BCUT2D eigenvalue weighted by Crippen LogP contribution is -2.68. The lowest BCUT2D eigenvalue weighted by molar-refractivity contribution is -0.149. The first kappa shape index (κ1) is 15.2. The van der Waals surface area contributed by atoms with Crippen LogP contribution in [0.4, 0.5) is 4.79 Å². The second kappa shape index (κ2) is 6.06. The Morgan fingerprint density at radius 2 is 2.25 bits per heavy atom. The minimum absolute atomic E-state index is 0.0982. The van der Waals surface area contributed by atoms with E-state index in [1.54, 1.807) is 6.92 Å². The highest BCUT2D eigenvalue weighted by Gasteiger charge is 2.52. The lowest BCUT2D eigenvalue weighted by Gasteiger charge is -2.47. The molecule has 0 bridgehead atoms. The zero-order valence-corrected chi connectivity index (χ0v) is 12.6. The Balaban J connectivity index is 2.28. The smallest absolute Gasteiger partial charge is 0.371 e. The highest BCUT2D eigenvalue weighted by atomic mass is 32.2. The molecule has 0 radical (unpaired) electrons. The fourth-order valence-corrected chi connectivity index (χ4v) is 4.14. The minimum atomic E-state index is -0.651. The Morgan fingerprint density at radius 3 is 2.85 bits per heavy atom. The summed E-state index contributed by atoms with van der Waals surface area (Å²) in [5.41, 5.74) is 5.79. The first-order valence-corrected chi connectivity index (χ1v) is 7.74. The molecule has 9 heteroatoms. The van der Waals surface area contributed by atoms with Gasteiger partial charge in [0.1, 0.15) is 17.1 Å². The summed E-state index contributed by atoms with van der Waals surface area (Å²) in [6, 6.07) is -0.617. The Labute approximate surface area is 124 Å². The molecule has 2 aliphatic rings. The summed E-state index contributed by atoms with van der Waals surface area (Å²) in [6.45, 7) is 1.94. The summed E-state index contributed by atoms with van der Waals surface area (Å²) in [5, 5.41) is -0.789. The van der Waals surface area contributed by atoms with E-state index in [-0.39, 0.29) is 23.6 Å². The van der Waals surface area contributed by atoms with Crippen molar-refractivity contribution < 1.29 is 23.9 Å². The minimum Gasteiger partial charge on any atom is -0.464 e. The highest BCUT2D eigenvalue weighted by molar-refractivity contribution is 8.17. The van der Waals surface area contributed by atoms with E-state index in [4.69, 9.17) is 15.2 Å². The van der Waals surface area contributed by atoms with Crippen molar-refractivity contribution in [1.82, 2.24) is 4.90 Å². The predicted octanol–water partition coefficient (Wildman–Crippen LogP) is 0.503. The van der Waals surface area contributed by atoms with Crippen molar-refractivity contribution >= 4 is 40.7 Å². The molecule has 110 valence electrons. The van der Waals surface area contributed by atoms with Crippen molar-refractivity contribution in [3.63, 3.8) is 0 Å². The average molecular weight is 318 g/mol. The molecule has 0 aromatic rings. The van der Waals surface area contributed by atoms with Crippen LogP contribution in [-0.4, -0.2) is 53.0 Å². The van der Waals surface area contributed by atoms with Crippen LogP contribution in [0.25, 0.3) is 0 Å². The summed E-state index contributed by atoms with van der Waals surface area (Å²) in [7, 11) is 1.23. The average Bonchev–Trinajstić information content (AvgIpc) is 2.45. The topological polar surface area (TPSA) is 98.9 Å². The molecule has 2 N–H and O–H groups in total. The molecule has 20 heavy (non-hydrogen) atoms. The monoisotopic (exact) mass is 318 g/mol. The van der Waals surface area contributed by atoms with Gasteiger partial charge < -0.3 is 15.2 Å². The summed E-state index contributed by atoms with van der Waals surface area (Å²) >= 11 is 2.21. The number of rotatable bonds is 3. The number of β-lactam (4-membered cyclic amide) rings is 1. The zero-order chi connectivity index (χ0) is 14.9. The largest absolute Gasteiger partial charge is 0.464 e. The number of ether oxygens (including phenoxy) is 2. The number of carbonyl (C=O) groups excluding carboxylic acids is 3. The third-order valence-electron chi connectivity index (χ3n) is 2.82. The van der Waals surface area contributed by atoms with Gasteiger partial charge in [-0.1, -0.05) is 0 Å². The van der Waals surface area contributed by atoms with Gasteiger partial charge in [0.15, 0.2) is 0 Å². The van der Waals surface area contributed by atoms with Gasteiger partial charge in [0, 0.05) is 10.7 Å². The number of hydrogen-bond donors (Lipinski definition) is 1. The number of esters is 1. The molecule has 2 unspecified atom stereocenters. The van der Waals surface area contributed by atoms with Crippen LogP contribution in [-0.2, 0) is 19.1 Å². The first-order valence-electron chi connectivity index (χ1n) is 5.87. The maximum Gasteiger partial charge on any atom is 0.371 e. The van der Waals surface area contributed by atoms with Gasteiger partial charge in [-0.3, -0.25) is 9.69 Å². The van der Waals surface area contributed by atoms with Crippen LogP contribution in [0.1, 0.15) is 6.92 Å². The molecule has 1 amide bonds. The van der Waals surface area contributed by atoms with E-state index in [2.05, 4.69) is 0 Å². The lowest BCUT2D eigenvalue weighted by atomic mass is 10.1. The molecular formula is C11H14N2O5S2. The first-order chi connectivity index (χ1) is 9.51. The van der Waals surface area contributed by atoms with Crippen LogP contribution in [0.5, 0.6) is 0 Å². The number of amides is 1. The number of thioether (sulfide) groups is 2. The van der Waals surface area contributed by atoms with E-state index >= 15 is 0 Å². The van der Waals surface area contributed by atoms with Crippen LogP contribution in [0, 0.1) is 0 Å². The Kier molecular flexibility index (Phi) is 4.61. The maximum absolute atomic E-state index is 11.9. The number of carbonyl (C=O) groups is 3. The Bertz CT molecular complexity index is 493. The van der Waals surface area contributed by atoms with Gasteiger partial charge in [-0.05, 0) is 18.7 Å². The summed E-state index contributed by atoms with van der Waals surface area (Å²) < 4.78 is 9.53. The quantitative estimate of drug-likeness (QED) is 0.593.